The summed E-state index contributed by atoms with van der Waals surface area (Å²) >= 11 is 0. The lowest BCUT2D eigenvalue weighted by Gasteiger charge is -2.39. The first-order valence-corrected chi connectivity index (χ1v) is 5.39. The minimum Gasteiger partial charge on any atom is -0.461 e. The van der Waals surface area contributed by atoms with Gasteiger partial charge in [0.15, 0.2) is 0 Å². The van der Waals surface area contributed by atoms with E-state index in [-0.39, 0.29) is 36.8 Å². The van der Waals surface area contributed by atoms with Gasteiger partial charge < -0.3 is 4.74 Å². The molecule has 0 aliphatic heterocycles. The monoisotopic (exact) mass is 228 g/mol. The number of carbonyl (C=O) groups excluding carboxylic acids is 1. The van der Waals surface area contributed by atoms with E-state index in [2.05, 4.69) is 48.1 Å². The predicted octanol–water partition coefficient (Wildman–Crippen LogP) is 4.20. The molecule has 0 N–H and O–H groups in total. The minimum atomic E-state index is -0.195. The Morgan fingerprint density at radius 2 is 1.56 bits per heavy atom. The van der Waals surface area contributed by atoms with Crippen molar-refractivity contribution in [3.8, 4) is 0 Å². The Kier molecular flexibility index (Phi) is 6.68. The molecule has 0 saturated carbocycles. The molecule has 0 bridgehead atoms. The van der Waals surface area contributed by atoms with Gasteiger partial charge in [0.2, 0.25) is 0 Å². The molecule has 0 aliphatic carbocycles. The maximum absolute atomic E-state index is 11.5. The van der Waals surface area contributed by atoms with Crippen molar-refractivity contribution in [1.82, 2.24) is 0 Å². The highest BCUT2D eigenvalue weighted by molar-refractivity contribution is 5.71. The van der Waals surface area contributed by atoms with E-state index in [1.807, 2.05) is 0 Å². The summed E-state index contributed by atoms with van der Waals surface area (Å²) in [7, 11) is 0. The van der Waals surface area contributed by atoms with Gasteiger partial charge in [-0.15, -0.1) is 6.58 Å². The zero-order chi connectivity index (χ0) is 12.3. The molecule has 0 rings (SSSR count). The van der Waals surface area contributed by atoms with E-state index in [0.29, 0.717) is 0 Å². The molecular formula is C14H28O2. The quantitative estimate of drug-likeness (QED) is 0.534. The van der Waals surface area contributed by atoms with Gasteiger partial charge in [-0.25, -0.2) is 0 Å². The van der Waals surface area contributed by atoms with Gasteiger partial charge in [0.25, 0.3) is 0 Å². The van der Waals surface area contributed by atoms with Gasteiger partial charge in [0.1, 0.15) is 6.10 Å². The van der Waals surface area contributed by atoms with Crippen LogP contribution in [-0.4, -0.2) is 12.1 Å². The molecule has 0 saturated heterocycles. The van der Waals surface area contributed by atoms with E-state index >= 15 is 0 Å². The molecule has 0 aliphatic rings. The fourth-order valence-electron chi connectivity index (χ4n) is 1.95. The molecule has 0 fully saturated rings. The van der Waals surface area contributed by atoms with E-state index in [9.17, 15) is 4.79 Å². The van der Waals surface area contributed by atoms with E-state index in [1.54, 1.807) is 6.08 Å². The van der Waals surface area contributed by atoms with Crippen molar-refractivity contribution < 1.29 is 9.53 Å². The van der Waals surface area contributed by atoms with Crippen LogP contribution in [0.4, 0.5) is 0 Å². The lowest BCUT2D eigenvalue weighted by molar-refractivity contribution is -0.162. The summed E-state index contributed by atoms with van der Waals surface area (Å²) < 4.78 is 5.51. The molecule has 0 aromatic heterocycles. The first-order chi connectivity index (χ1) is 6.59. The first-order valence-electron chi connectivity index (χ1n) is 5.39. The SMILES string of the molecule is C.C=CCC(=O)OC(C(C)(C)C)C(C)(C)C. The van der Waals surface area contributed by atoms with Crippen LogP contribution in [0.15, 0.2) is 12.7 Å². The van der Waals surface area contributed by atoms with E-state index in [4.69, 9.17) is 4.74 Å². The molecule has 16 heavy (non-hydrogen) atoms. The number of ether oxygens (including phenoxy) is 1. The number of esters is 1. The van der Waals surface area contributed by atoms with Gasteiger partial charge in [0.05, 0.1) is 6.42 Å². The van der Waals surface area contributed by atoms with Crippen LogP contribution in [-0.2, 0) is 9.53 Å². The third kappa shape index (κ3) is 5.94. The molecule has 0 aromatic rings. The van der Waals surface area contributed by atoms with E-state index < -0.39 is 0 Å². The van der Waals surface area contributed by atoms with Gasteiger partial charge in [-0.05, 0) is 10.8 Å². The fraction of sp³-hybridized carbons (Fsp3) is 0.786. The Balaban J connectivity index is 0. The van der Waals surface area contributed by atoms with E-state index in [1.165, 1.54) is 0 Å². The lowest BCUT2D eigenvalue weighted by Crippen LogP contribution is -2.41. The number of rotatable bonds is 3. The zero-order valence-electron chi connectivity index (χ0n) is 10.9. The molecule has 2 heteroatoms. The summed E-state index contributed by atoms with van der Waals surface area (Å²) in [5.74, 6) is -0.195. The van der Waals surface area contributed by atoms with Crippen molar-refractivity contribution in [3.05, 3.63) is 12.7 Å². The van der Waals surface area contributed by atoms with Crippen LogP contribution in [0.2, 0.25) is 0 Å². The fourth-order valence-corrected chi connectivity index (χ4v) is 1.95. The van der Waals surface area contributed by atoms with Gasteiger partial charge >= 0.3 is 5.97 Å². The maximum atomic E-state index is 11.5. The number of hydrogen-bond acceptors (Lipinski definition) is 2. The van der Waals surface area contributed by atoms with E-state index in [0.717, 1.165) is 0 Å². The molecule has 0 aromatic carbocycles. The Bertz CT molecular complexity index is 214. The highest BCUT2D eigenvalue weighted by Crippen LogP contribution is 2.36. The maximum Gasteiger partial charge on any atom is 0.309 e. The smallest absolute Gasteiger partial charge is 0.309 e. The summed E-state index contributed by atoms with van der Waals surface area (Å²) in [6.45, 7) is 16.1. The minimum absolute atomic E-state index is 0. The number of hydrogen-bond donors (Lipinski definition) is 0. The molecule has 0 radical (unpaired) electrons. The van der Waals surface area contributed by atoms with Crippen molar-refractivity contribution in [2.75, 3.05) is 0 Å². The Morgan fingerprint density at radius 1 is 1.19 bits per heavy atom. The second-order valence-electron chi connectivity index (χ2n) is 6.09. The van der Waals surface area contributed by atoms with Crippen molar-refractivity contribution in [3.63, 3.8) is 0 Å². The Morgan fingerprint density at radius 3 is 1.81 bits per heavy atom. The van der Waals surface area contributed by atoms with Crippen molar-refractivity contribution in [2.24, 2.45) is 10.8 Å². The highest BCUT2D eigenvalue weighted by atomic mass is 16.5. The molecule has 0 unspecified atom stereocenters. The summed E-state index contributed by atoms with van der Waals surface area (Å²) in [5.41, 5.74) is -0.0931. The molecule has 96 valence electrons. The first kappa shape index (κ1) is 17.6. The molecule has 0 spiro atoms. The highest BCUT2D eigenvalue weighted by Gasteiger charge is 2.37. The van der Waals surface area contributed by atoms with Gasteiger partial charge in [-0.3, -0.25) is 4.79 Å². The second kappa shape index (κ2) is 6.07. The van der Waals surface area contributed by atoms with Crippen molar-refractivity contribution >= 4 is 5.97 Å². The molecule has 2 nitrogen and oxygen atoms in total. The van der Waals surface area contributed by atoms with Crippen molar-refractivity contribution in [1.29, 1.82) is 0 Å². The number of carbonyl (C=O) groups is 1. The largest absolute Gasteiger partial charge is 0.461 e. The van der Waals surface area contributed by atoms with Crippen LogP contribution in [0.5, 0.6) is 0 Å². The summed E-state index contributed by atoms with van der Waals surface area (Å²) in [6, 6.07) is 0. The second-order valence-corrected chi connectivity index (χ2v) is 6.09. The average molecular weight is 228 g/mol. The van der Waals surface area contributed by atoms with Gasteiger partial charge in [-0.2, -0.15) is 0 Å². The summed E-state index contributed by atoms with van der Waals surface area (Å²) in [5, 5.41) is 0. The topological polar surface area (TPSA) is 26.3 Å². The third-order valence-corrected chi connectivity index (χ3v) is 2.13. The van der Waals surface area contributed by atoms with Crippen LogP contribution in [0.25, 0.3) is 0 Å². The van der Waals surface area contributed by atoms with Crippen LogP contribution in [0, 0.1) is 10.8 Å². The Hall–Kier alpha value is -0.790. The van der Waals surface area contributed by atoms with Crippen molar-refractivity contribution in [2.45, 2.75) is 61.5 Å². The van der Waals surface area contributed by atoms with Crippen LogP contribution in [0.3, 0.4) is 0 Å². The standard InChI is InChI=1S/C13H24O2.CH4/c1-8-9-10(14)15-11(12(2,3)4)13(5,6)7;/h8,11H,1,9H2,2-7H3;1H4. The van der Waals surface area contributed by atoms with Gasteiger partial charge in [-0.1, -0.05) is 55.0 Å². The zero-order valence-corrected chi connectivity index (χ0v) is 10.9. The molecule has 0 heterocycles. The normalized spacial score (nSPS) is 11.9. The van der Waals surface area contributed by atoms with Crippen LogP contribution in [0.1, 0.15) is 55.4 Å². The third-order valence-electron chi connectivity index (χ3n) is 2.13. The Labute approximate surface area is 101 Å². The molecule has 0 amide bonds. The molecule has 0 atom stereocenters. The lowest BCUT2D eigenvalue weighted by atomic mass is 9.74. The summed E-state index contributed by atoms with van der Waals surface area (Å²) in [4.78, 5) is 11.5. The predicted molar refractivity (Wildman–Crippen MR) is 70.3 cm³/mol. The molecular weight excluding hydrogens is 200 g/mol. The van der Waals surface area contributed by atoms with Gasteiger partial charge in [0, 0.05) is 0 Å². The summed E-state index contributed by atoms with van der Waals surface area (Å²) in [6.07, 6.45) is 1.77. The van der Waals surface area contributed by atoms with Crippen LogP contribution >= 0.6 is 0 Å². The van der Waals surface area contributed by atoms with Crippen LogP contribution < -0.4 is 0 Å². The average Bonchev–Trinajstić information content (AvgIpc) is 1.96.